The molecule has 6 rings (SSSR count). The molecule has 6 aromatic rings. The van der Waals surface area contributed by atoms with Crippen LogP contribution >= 0.6 is 0 Å². The summed E-state index contributed by atoms with van der Waals surface area (Å²) in [4.78, 5) is 10.3. The van der Waals surface area contributed by atoms with Crippen molar-refractivity contribution in [2.24, 2.45) is 4.99 Å². The Kier molecular flexibility index (Phi) is 8.27. The van der Waals surface area contributed by atoms with Crippen LogP contribution in [0.3, 0.4) is 0 Å². The summed E-state index contributed by atoms with van der Waals surface area (Å²) in [7, 11) is -1.79. The molecule has 5 aromatic carbocycles. The first-order valence-electron chi connectivity index (χ1n) is 14.2. The van der Waals surface area contributed by atoms with Crippen LogP contribution < -0.4 is 4.72 Å². The number of sulfonamides is 1. The van der Waals surface area contributed by atoms with E-state index in [9.17, 15) is 13.5 Å². The molecule has 0 unspecified atom stereocenters. The van der Waals surface area contributed by atoms with E-state index in [1.54, 1.807) is 36.4 Å². The lowest BCUT2D eigenvalue weighted by atomic mass is 10.0. The zero-order valence-electron chi connectivity index (χ0n) is 24.2. The van der Waals surface area contributed by atoms with E-state index in [0.717, 1.165) is 24.2 Å². The minimum Gasteiger partial charge on any atom is -0.494 e. The average Bonchev–Trinajstić information content (AvgIpc) is 3.36. The molecule has 0 radical (unpaired) electrons. The summed E-state index contributed by atoms with van der Waals surface area (Å²) in [6.45, 7) is 1.62. The molecular formula is C36H32N4O3S. The van der Waals surface area contributed by atoms with E-state index in [-0.39, 0.29) is 10.8 Å². The fraction of sp³-hybridized carbons (Fsp3) is 0.0833. The largest absolute Gasteiger partial charge is 0.494 e. The fourth-order valence-corrected chi connectivity index (χ4v) is 6.30. The number of anilines is 1. The van der Waals surface area contributed by atoms with Gasteiger partial charge in [0, 0.05) is 35.2 Å². The standard InChI is InChI=1S/C36H32N4O3S/c1-40(24-26-11-5-2-6-12-26)25-27-17-19-29(20-18-27)37-35(28-13-7-3-8-14-28)34-32-23-31(21-22-33(32)38-36(34)41)44(42,43)39-30-15-9-4-10-16-30/h2-23,38-39,41H,24-25H2,1H3. The predicted molar refractivity (Wildman–Crippen MR) is 177 cm³/mol. The molecular weight excluding hydrogens is 568 g/mol. The molecule has 0 saturated heterocycles. The number of hydrogen-bond acceptors (Lipinski definition) is 5. The summed E-state index contributed by atoms with van der Waals surface area (Å²) in [5.74, 6) is -0.0904. The van der Waals surface area contributed by atoms with Gasteiger partial charge in [0.2, 0.25) is 0 Å². The number of H-pyrrole nitrogens is 1. The number of fused-ring (bicyclic) bond motifs is 1. The molecule has 0 aliphatic heterocycles. The lowest BCUT2D eigenvalue weighted by Gasteiger charge is -2.17. The van der Waals surface area contributed by atoms with Crippen LogP contribution in [-0.4, -0.2) is 36.2 Å². The summed E-state index contributed by atoms with van der Waals surface area (Å²) in [6, 6.07) is 41.4. The lowest BCUT2D eigenvalue weighted by molar-refractivity contribution is 0.319. The van der Waals surface area contributed by atoms with E-state index < -0.39 is 10.0 Å². The molecule has 7 nitrogen and oxygen atoms in total. The van der Waals surface area contributed by atoms with Crippen molar-refractivity contribution >= 4 is 38.0 Å². The van der Waals surface area contributed by atoms with Gasteiger partial charge in [-0.15, -0.1) is 0 Å². The second kappa shape index (κ2) is 12.6. The Hall–Kier alpha value is -5.18. The Morgan fingerprint density at radius 3 is 2.02 bits per heavy atom. The van der Waals surface area contributed by atoms with E-state index in [4.69, 9.17) is 4.99 Å². The molecule has 1 heterocycles. The number of benzene rings is 5. The number of para-hydroxylation sites is 1. The highest BCUT2D eigenvalue weighted by Crippen LogP contribution is 2.33. The summed E-state index contributed by atoms with van der Waals surface area (Å²) < 4.78 is 29.2. The summed E-state index contributed by atoms with van der Waals surface area (Å²) in [6.07, 6.45) is 0. The van der Waals surface area contributed by atoms with Crippen molar-refractivity contribution in [2.75, 3.05) is 11.8 Å². The van der Waals surface area contributed by atoms with Crippen LogP contribution in [0.4, 0.5) is 11.4 Å². The number of rotatable bonds is 10. The first kappa shape index (κ1) is 28.9. The van der Waals surface area contributed by atoms with Crippen LogP contribution in [0.1, 0.15) is 22.3 Å². The third-order valence-electron chi connectivity index (χ3n) is 7.30. The molecule has 0 aliphatic rings. The maximum absolute atomic E-state index is 13.3. The predicted octanol–water partition coefficient (Wildman–Crippen LogP) is 7.48. The molecule has 0 fully saturated rings. The van der Waals surface area contributed by atoms with E-state index in [1.165, 1.54) is 11.6 Å². The molecule has 0 aliphatic carbocycles. The van der Waals surface area contributed by atoms with Gasteiger partial charge in [-0.3, -0.25) is 9.62 Å². The minimum atomic E-state index is -3.89. The van der Waals surface area contributed by atoms with Crippen molar-refractivity contribution in [3.8, 4) is 5.88 Å². The van der Waals surface area contributed by atoms with Gasteiger partial charge < -0.3 is 10.1 Å². The number of nitrogens with one attached hydrogen (secondary N) is 2. The maximum atomic E-state index is 13.3. The van der Waals surface area contributed by atoms with Crippen molar-refractivity contribution in [3.63, 3.8) is 0 Å². The third-order valence-corrected chi connectivity index (χ3v) is 8.67. The van der Waals surface area contributed by atoms with Crippen molar-refractivity contribution in [1.82, 2.24) is 9.88 Å². The number of aromatic nitrogens is 1. The number of nitrogens with zero attached hydrogens (tertiary/aromatic N) is 2. The van der Waals surface area contributed by atoms with Crippen molar-refractivity contribution in [2.45, 2.75) is 18.0 Å². The SMILES string of the molecule is CN(Cc1ccccc1)Cc1ccc(N=C(c2ccccc2)c2c(O)[nH]c3ccc(S(=O)(=O)Nc4ccccc4)cc23)cc1. The number of aliphatic imine (C=N–C) groups is 1. The van der Waals surface area contributed by atoms with Gasteiger partial charge in [-0.1, -0.05) is 91.0 Å². The Labute approximate surface area is 257 Å². The summed E-state index contributed by atoms with van der Waals surface area (Å²) in [5.41, 5.74) is 5.91. The molecule has 44 heavy (non-hydrogen) atoms. The van der Waals surface area contributed by atoms with Crippen LogP contribution in [0.5, 0.6) is 5.88 Å². The Balaban J connectivity index is 1.35. The number of aromatic amines is 1. The molecule has 0 bridgehead atoms. The Morgan fingerprint density at radius 1 is 0.773 bits per heavy atom. The maximum Gasteiger partial charge on any atom is 0.261 e. The third kappa shape index (κ3) is 6.57. The topological polar surface area (TPSA) is 97.8 Å². The second-order valence-corrected chi connectivity index (χ2v) is 12.4. The van der Waals surface area contributed by atoms with Crippen molar-refractivity contribution in [1.29, 1.82) is 0 Å². The molecule has 0 atom stereocenters. The first-order chi connectivity index (χ1) is 21.4. The van der Waals surface area contributed by atoms with E-state index >= 15 is 0 Å². The van der Waals surface area contributed by atoms with Gasteiger partial charge in [-0.05, 0) is 60.6 Å². The molecule has 0 spiro atoms. The van der Waals surface area contributed by atoms with E-state index in [2.05, 4.69) is 45.9 Å². The Morgan fingerprint density at radius 2 is 1.36 bits per heavy atom. The first-order valence-corrected chi connectivity index (χ1v) is 15.7. The van der Waals surface area contributed by atoms with Crippen molar-refractivity contribution in [3.05, 3.63) is 156 Å². The molecule has 220 valence electrons. The van der Waals surface area contributed by atoms with Crippen LogP contribution in [0.15, 0.2) is 143 Å². The molecule has 0 saturated carbocycles. The van der Waals surface area contributed by atoms with Gasteiger partial charge in [-0.25, -0.2) is 13.4 Å². The smallest absolute Gasteiger partial charge is 0.261 e. The van der Waals surface area contributed by atoms with Gasteiger partial charge >= 0.3 is 0 Å². The summed E-state index contributed by atoms with van der Waals surface area (Å²) >= 11 is 0. The normalized spacial score (nSPS) is 12.1. The number of hydrogen-bond donors (Lipinski definition) is 3. The zero-order valence-corrected chi connectivity index (χ0v) is 25.0. The molecule has 1 aromatic heterocycles. The van der Waals surface area contributed by atoms with Crippen molar-refractivity contribution < 1.29 is 13.5 Å². The van der Waals surface area contributed by atoms with Crippen LogP contribution in [-0.2, 0) is 23.1 Å². The summed E-state index contributed by atoms with van der Waals surface area (Å²) in [5, 5.41) is 11.7. The van der Waals surface area contributed by atoms with Gasteiger partial charge in [0.1, 0.15) is 0 Å². The van der Waals surface area contributed by atoms with E-state index in [0.29, 0.717) is 33.6 Å². The monoisotopic (exact) mass is 600 g/mol. The fourth-order valence-electron chi connectivity index (χ4n) is 5.21. The average molecular weight is 601 g/mol. The van der Waals surface area contributed by atoms with Crippen LogP contribution in [0.2, 0.25) is 0 Å². The highest BCUT2D eigenvalue weighted by Gasteiger charge is 2.22. The second-order valence-electron chi connectivity index (χ2n) is 10.7. The van der Waals surface area contributed by atoms with Crippen LogP contribution in [0, 0.1) is 0 Å². The van der Waals surface area contributed by atoms with Gasteiger partial charge in [0.15, 0.2) is 5.88 Å². The van der Waals surface area contributed by atoms with Gasteiger partial charge in [0.05, 0.1) is 21.9 Å². The zero-order chi connectivity index (χ0) is 30.5. The molecule has 8 heteroatoms. The quantitative estimate of drug-likeness (QED) is 0.142. The highest BCUT2D eigenvalue weighted by atomic mass is 32.2. The Bertz CT molecular complexity index is 2010. The lowest BCUT2D eigenvalue weighted by Crippen LogP contribution is -2.17. The number of aromatic hydroxyl groups is 1. The van der Waals surface area contributed by atoms with Gasteiger partial charge in [-0.2, -0.15) is 0 Å². The van der Waals surface area contributed by atoms with Crippen LogP contribution in [0.25, 0.3) is 10.9 Å². The highest BCUT2D eigenvalue weighted by molar-refractivity contribution is 7.92. The molecule has 3 N–H and O–H groups in total. The minimum absolute atomic E-state index is 0.0745. The van der Waals surface area contributed by atoms with E-state index in [1.807, 2.05) is 66.7 Å². The van der Waals surface area contributed by atoms with Gasteiger partial charge in [0.25, 0.3) is 10.0 Å². The molecule has 0 amide bonds.